The Morgan fingerprint density at radius 2 is 1.97 bits per heavy atom. The summed E-state index contributed by atoms with van der Waals surface area (Å²) in [6.45, 7) is 0.525. The number of anilines is 1. The highest BCUT2D eigenvalue weighted by atomic mass is 32.1. The molecule has 0 aliphatic heterocycles. The first-order valence-electron chi connectivity index (χ1n) is 9.57. The second-order valence-electron chi connectivity index (χ2n) is 7.02. The Bertz CT molecular complexity index is 1050. The maximum atomic E-state index is 12.9. The lowest BCUT2D eigenvalue weighted by Gasteiger charge is -2.08. The minimum atomic E-state index is -0.327. The average molecular weight is 425 g/mol. The zero-order valence-corrected chi connectivity index (χ0v) is 16.9. The van der Waals surface area contributed by atoms with Crippen molar-refractivity contribution in [1.82, 2.24) is 10.3 Å². The highest BCUT2D eigenvalue weighted by Gasteiger charge is 2.29. The Morgan fingerprint density at radius 3 is 2.73 bits per heavy atom. The van der Waals surface area contributed by atoms with Crippen molar-refractivity contribution in [2.45, 2.75) is 26.0 Å². The predicted molar refractivity (Wildman–Crippen MR) is 112 cm³/mol. The van der Waals surface area contributed by atoms with E-state index < -0.39 is 0 Å². The fraction of sp³-hybridized carbons (Fsp3) is 0.227. The largest absolute Gasteiger partial charge is 0.486 e. The van der Waals surface area contributed by atoms with E-state index in [1.54, 1.807) is 5.38 Å². The zero-order chi connectivity index (χ0) is 20.9. The van der Waals surface area contributed by atoms with Crippen LogP contribution in [0, 0.1) is 11.7 Å². The quantitative estimate of drug-likeness (QED) is 0.568. The van der Waals surface area contributed by atoms with E-state index in [0.717, 1.165) is 24.1 Å². The lowest BCUT2D eigenvalue weighted by molar-refractivity contribution is -0.117. The summed E-state index contributed by atoms with van der Waals surface area (Å²) in [6.07, 6.45) is 1.90. The van der Waals surface area contributed by atoms with Gasteiger partial charge in [0.05, 0.1) is 0 Å². The van der Waals surface area contributed by atoms with E-state index in [4.69, 9.17) is 4.74 Å². The van der Waals surface area contributed by atoms with Crippen molar-refractivity contribution in [3.05, 3.63) is 76.0 Å². The van der Waals surface area contributed by atoms with E-state index in [9.17, 15) is 14.0 Å². The molecule has 2 aromatic carbocycles. The number of thiazole rings is 1. The van der Waals surface area contributed by atoms with Gasteiger partial charge in [0.15, 0.2) is 0 Å². The molecule has 0 radical (unpaired) electrons. The van der Waals surface area contributed by atoms with Gasteiger partial charge in [-0.05, 0) is 54.8 Å². The lowest BCUT2D eigenvalue weighted by Crippen LogP contribution is -2.23. The third-order valence-corrected chi connectivity index (χ3v) is 5.38. The second kappa shape index (κ2) is 9.04. The molecule has 1 saturated carbocycles. The van der Waals surface area contributed by atoms with Crippen LogP contribution in [0.4, 0.5) is 10.1 Å². The van der Waals surface area contributed by atoms with Crippen LogP contribution in [0.15, 0.2) is 53.9 Å². The molecule has 1 heterocycles. The molecule has 2 amide bonds. The van der Waals surface area contributed by atoms with Gasteiger partial charge in [0.25, 0.3) is 5.91 Å². The van der Waals surface area contributed by atoms with Crippen LogP contribution in [0.3, 0.4) is 0 Å². The van der Waals surface area contributed by atoms with E-state index in [-0.39, 0.29) is 30.2 Å². The molecule has 0 bridgehead atoms. The fourth-order valence-corrected chi connectivity index (χ4v) is 3.46. The molecule has 0 unspecified atom stereocenters. The molecule has 1 aliphatic carbocycles. The first-order chi connectivity index (χ1) is 14.6. The zero-order valence-electron chi connectivity index (χ0n) is 16.1. The number of carbonyl (C=O) groups excluding carboxylic acids is 2. The SMILES string of the molecule is O=C(NCc1cccc(NC(=O)C2CC2)c1)c1csc(COc2ccc(F)cc2)n1. The number of amides is 2. The van der Waals surface area contributed by atoms with Gasteiger partial charge in [-0.25, -0.2) is 9.37 Å². The van der Waals surface area contributed by atoms with Crippen LogP contribution in [0.1, 0.15) is 33.9 Å². The number of carbonyl (C=O) groups is 2. The predicted octanol–water partition coefficient (Wildman–Crippen LogP) is 4.14. The Morgan fingerprint density at radius 1 is 1.17 bits per heavy atom. The van der Waals surface area contributed by atoms with Crippen molar-refractivity contribution < 1.29 is 18.7 Å². The standard InChI is InChI=1S/C22H20FN3O3S/c23-16-6-8-18(9-7-16)29-12-20-26-19(13-30-20)22(28)24-11-14-2-1-3-17(10-14)25-21(27)15-4-5-15/h1-3,6-10,13,15H,4-5,11-12H2,(H,24,28)(H,25,27). The van der Waals surface area contributed by atoms with Gasteiger partial charge in [0, 0.05) is 23.5 Å². The van der Waals surface area contributed by atoms with Crippen LogP contribution in [0.2, 0.25) is 0 Å². The highest BCUT2D eigenvalue weighted by Crippen LogP contribution is 2.30. The summed E-state index contributed by atoms with van der Waals surface area (Å²) in [5, 5.41) is 8.05. The van der Waals surface area contributed by atoms with Crippen molar-refractivity contribution >= 4 is 28.8 Å². The normalized spacial score (nSPS) is 13.0. The smallest absolute Gasteiger partial charge is 0.271 e. The molecule has 3 aromatic rings. The average Bonchev–Trinajstić information content (AvgIpc) is 3.50. The summed E-state index contributed by atoms with van der Waals surface area (Å²) in [4.78, 5) is 28.6. The van der Waals surface area contributed by atoms with E-state index in [0.29, 0.717) is 23.0 Å². The summed E-state index contributed by atoms with van der Waals surface area (Å²) in [7, 11) is 0. The van der Waals surface area contributed by atoms with Gasteiger partial charge in [-0.1, -0.05) is 12.1 Å². The topological polar surface area (TPSA) is 80.3 Å². The van der Waals surface area contributed by atoms with Crippen molar-refractivity contribution in [2.75, 3.05) is 5.32 Å². The molecule has 1 aliphatic rings. The number of aromatic nitrogens is 1. The number of nitrogens with zero attached hydrogens (tertiary/aromatic N) is 1. The lowest BCUT2D eigenvalue weighted by atomic mass is 10.2. The minimum Gasteiger partial charge on any atom is -0.486 e. The molecule has 6 nitrogen and oxygen atoms in total. The van der Waals surface area contributed by atoms with E-state index in [2.05, 4.69) is 15.6 Å². The Labute approximate surface area is 177 Å². The summed E-state index contributed by atoms with van der Waals surface area (Å²) in [5.74, 6) is 0.109. The van der Waals surface area contributed by atoms with Crippen LogP contribution in [-0.4, -0.2) is 16.8 Å². The van der Waals surface area contributed by atoms with Gasteiger partial charge in [-0.15, -0.1) is 11.3 Å². The van der Waals surface area contributed by atoms with E-state index in [1.807, 2.05) is 24.3 Å². The van der Waals surface area contributed by atoms with Gasteiger partial charge in [-0.2, -0.15) is 0 Å². The minimum absolute atomic E-state index is 0.0500. The Kier molecular flexibility index (Phi) is 6.04. The summed E-state index contributed by atoms with van der Waals surface area (Å²) < 4.78 is 18.5. The summed E-state index contributed by atoms with van der Waals surface area (Å²) in [5.41, 5.74) is 1.93. The van der Waals surface area contributed by atoms with Crippen molar-refractivity contribution in [3.63, 3.8) is 0 Å². The van der Waals surface area contributed by atoms with Gasteiger partial charge < -0.3 is 15.4 Å². The number of halogens is 1. The molecule has 0 saturated heterocycles. The first-order valence-corrected chi connectivity index (χ1v) is 10.5. The molecule has 154 valence electrons. The number of ether oxygens (including phenoxy) is 1. The first kappa shape index (κ1) is 20.0. The Balaban J connectivity index is 1.28. The van der Waals surface area contributed by atoms with Crippen molar-refractivity contribution in [3.8, 4) is 5.75 Å². The van der Waals surface area contributed by atoms with Gasteiger partial charge in [0.2, 0.25) is 5.91 Å². The van der Waals surface area contributed by atoms with Crippen LogP contribution in [-0.2, 0) is 17.9 Å². The molecule has 8 heteroatoms. The van der Waals surface area contributed by atoms with Crippen molar-refractivity contribution in [1.29, 1.82) is 0 Å². The number of benzene rings is 2. The molecule has 30 heavy (non-hydrogen) atoms. The van der Waals surface area contributed by atoms with Gasteiger partial charge in [0.1, 0.15) is 28.9 Å². The van der Waals surface area contributed by atoms with Crippen LogP contribution >= 0.6 is 11.3 Å². The van der Waals surface area contributed by atoms with Crippen LogP contribution in [0.5, 0.6) is 5.75 Å². The maximum absolute atomic E-state index is 12.9. The van der Waals surface area contributed by atoms with Crippen LogP contribution in [0.25, 0.3) is 0 Å². The highest BCUT2D eigenvalue weighted by molar-refractivity contribution is 7.09. The molecule has 1 aromatic heterocycles. The molecular weight excluding hydrogens is 405 g/mol. The van der Waals surface area contributed by atoms with Gasteiger partial charge >= 0.3 is 0 Å². The number of hydrogen-bond acceptors (Lipinski definition) is 5. The van der Waals surface area contributed by atoms with Crippen molar-refractivity contribution in [2.24, 2.45) is 5.92 Å². The third kappa shape index (κ3) is 5.42. The maximum Gasteiger partial charge on any atom is 0.271 e. The Hall–Kier alpha value is -3.26. The number of nitrogens with one attached hydrogen (secondary N) is 2. The molecule has 0 spiro atoms. The summed E-state index contributed by atoms with van der Waals surface area (Å²) in [6, 6.07) is 13.1. The third-order valence-electron chi connectivity index (χ3n) is 4.56. The van der Waals surface area contributed by atoms with E-state index in [1.165, 1.54) is 35.6 Å². The summed E-state index contributed by atoms with van der Waals surface area (Å²) >= 11 is 1.32. The number of hydrogen-bond donors (Lipinski definition) is 2. The molecule has 1 fully saturated rings. The number of rotatable bonds is 8. The van der Waals surface area contributed by atoms with Crippen LogP contribution < -0.4 is 15.4 Å². The van der Waals surface area contributed by atoms with E-state index >= 15 is 0 Å². The monoisotopic (exact) mass is 425 g/mol. The second-order valence-corrected chi connectivity index (χ2v) is 7.96. The molecular formula is C22H20FN3O3S. The molecule has 2 N–H and O–H groups in total. The molecule has 0 atom stereocenters. The fourth-order valence-electron chi connectivity index (χ4n) is 2.78. The molecule has 4 rings (SSSR count). The van der Waals surface area contributed by atoms with Gasteiger partial charge in [-0.3, -0.25) is 9.59 Å².